The highest BCUT2D eigenvalue weighted by atomic mass is 16.5. The largest absolute Gasteiger partial charge is 0.383 e. The molecule has 0 saturated heterocycles. The molecule has 1 atom stereocenters. The molecule has 1 aliphatic carbocycles. The molecule has 2 aromatic rings. The normalized spacial score (nSPS) is 15.0. The van der Waals surface area contributed by atoms with Gasteiger partial charge in [0.2, 0.25) is 0 Å². The summed E-state index contributed by atoms with van der Waals surface area (Å²) in [5.41, 5.74) is 1.85. The molecular weight excluding hydrogens is 316 g/mol. The van der Waals surface area contributed by atoms with Crippen LogP contribution in [0.4, 0.5) is 10.5 Å². The maximum Gasteiger partial charge on any atom is 0.322 e. The van der Waals surface area contributed by atoms with E-state index in [1.165, 1.54) is 12.8 Å². The molecule has 0 unspecified atom stereocenters. The second kappa shape index (κ2) is 8.16. The molecule has 2 amide bonds. The van der Waals surface area contributed by atoms with E-state index in [1.54, 1.807) is 18.0 Å². The molecule has 0 radical (unpaired) electrons. The number of hydrogen-bond donors (Lipinski definition) is 1. The highest BCUT2D eigenvalue weighted by Crippen LogP contribution is 2.35. The number of methoxy groups -OCH3 is 1. The van der Waals surface area contributed by atoms with Gasteiger partial charge in [-0.15, -0.1) is 0 Å². The molecule has 1 saturated carbocycles. The predicted molar refractivity (Wildman–Crippen MR) is 97.3 cm³/mol. The van der Waals surface area contributed by atoms with E-state index < -0.39 is 0 Å². The minimum atomic E-state index is -0.0745. The van der Waals surface area contributed by atoms with E-state index in [-0.39, 0.29) is 12.1 Å². The molecule has 0 spiro atoms. The first-order valence-electron chi connectivity index (χ1n) is 8.80. The monoisotopic (exact) mass is 342 g/mol. The molecule has 25 heavy (non-hydrogen) atoms. The van der Waals surface area contributed by atoms with Crippen LogP contribution >= 0.6 is 0 Å². The fraction of sp³-hybridized carbons (Fsp3) is 0.474. The Kier molecular flexibility index (Phi) is 5.71. The van der Waals surface area contributed by atoms with Gasteiger partial charge in [0.05, 0.1) is 25.0 Å². The fourth-order valence-corrected chi connectivity index (χ4v) is 2.94. The summed E-state index contributed by atoms with van der Waals surface area (Å²) in [6.07, 6.45) is 5.92. The van der Waals surface area contributed by atoms with Crippen LogP contribution < -0.4 is 5.32 Å². The summed E-state index contributed by atoms with van der Waals surface area (Å²) >= 11 is 0. The summed E-state index contributed by atoms with van der Waals surface area (Å²) in [4.78, 5) is 14.8. The summed E-state index contributed by atoms with van der Waals surface area (Å²) in [6.45, 7) is 4.01. The van der Waals surface area contributed by atoms with Crippen molar-refractivity contribution in [3.05, 3.63) is 48.3 Å². The van der Waals surface area contributed by atoms with Crippen molar-refractivity contribution in [2.24, 2.45) is 5.92 Å². The van der Waals surface area contributed by atoms with E-state index >= 15 is 0 Å². The number of urea groups is 1. The topological polar surface area (TPSA) is 59.4 Å². The second-order valence-corrected chi connectivity index (χ2v) is 6.61. The van der Waals surface area contributed by atoms with Crippen molar-refractivity contribution >= 4 is 11.7 Å². The first-order chi connectivity index (χ1) is 12.2. The van der Waals surface area contributed by atoms with Crippen LogP contribution in [0.5, 0.6) is 0 Å². The lowest BCUT2D eigenvalue weighted by Gasteiger charge is -2.29. The van der Waals surface area contributed by atoms with Crippen LogP contribution in [-0.4, -0.2) is 40.5 Å². The Morgan fingerprint density at radius 3 is 2.84 bits per heavy atom. The molecule has 1 heterocycles. The van der Waals surface area contributed by atoms with E-state index in [9.17, 15) is 4.79 Å². The lowest BCUT2D eigenvalue weighted by atomic mass is 10.1. The molecule has 6 nitrogen and oxygen atoms in total. The Hall–Kier alpha value is -2.34. The van der Waals surface area contributed by atoms with Crippen LogP contribution in [-0.2, 0) is 17.8 Å². The number of aromatic nitrogens is 2. The van der Waals surface area contributed by atoms with Crippen LogP contribution in [0.3, 0.4) is 0 Å². The average Bonchev–Trinajstić information content (AvgIpc) is 3.39. The lowest BCUT2D eigenvalue weighted by Crippen LogP contribution is -2.42. The van der Waals surface area contributed by atoms with Crippen LogP contribution in [0.2, 0.25) is 0 Å². The molecule has 1 aromatic carbocycles. The maximum atomic E-state index is 12.9. The second-order valence-electron chi connectivity index (χ2n) is 6.61. The third-order valence-corrected chi connectivity index (χ3v) is 4.66. The fourth-order valence-electron chi connectivity index (χ4n) is 2.94. The van der Waals surface area contributed by atoms with Crippen molar-refractivity contribution in [1.29, 1.82) is 0 Å². The number of benzene rings is 1. The van der Waals surface area contributed by atoms with Crippen LogP contribution in [0.15, 0.2) is 42.7 Å². The highest BCUT2D eigenvalue weighted by Gasteiger charge is 2.34. The van der Waals surface area contributed by atoms with Gasteiger partial charge in [-0.25, -0.2) is 4.79 Å². The number of nitrogens with one attached hydrogen (secondary N) is 1. The molecule has 1 fully saturated rings. The van der Waals surface area contributed by atoms with Gasteiger partial charge in [-0.2, -0.15) is 5.10 Å². The van der Waals surface area contributed by atoms with Crippen molar-refractivity contribution in [1.82, 2.24) is 14.7 Å². The summed E-state index contributed by atoms with van der Waals surface area (Å²) in [5.74, 6) is 0.610. The van der Waals surface area contributed by atoms with Gasteiger partial charge in [-0.05, 0) is 31.2 Å². The van der Waals surface area contributed by atoms with Crippen molar-refractivity contribution in [2.75, 3.05) is 19.0 Å². The SMILES string of the molecule is COCCn1cc(NC(=O)N(Cc2ccccc2)[C@H](C)C2CC2)cn1. The number of amides is 2. The van der Waals surface area contributed by atoms with Crippen LogP contribution in [0.25, 0.3) is 0 Å². The molecule has 6 heteroatoms. The third-order valence-electron chi connectivity index (χ3n) is 4.66. The Labute approximate surface area is 148 Å². The van der Waals surface area contributed by atoms with Gasteiger partial charge < -0.3 is 15.0 Å². The average molecular weight is 342 g/mol. The Balaban J connectivity index is 1.67. The standard InChI is InChI=1S/C19H26N4O2/c1-15(17-8-9-17)23(13-16-6-4-3-5-7-16)19(24)21-18-12-20-22(14-18)10-11-25-2/h3-7,12,14-15,17H,8-11,13H2,1-2H3,(H,21,24)/t15-/m1/s1. The van der Waals surface area contributed by atoms with Crippen molar-refractivity contribution in [3.63, 3.8) is 0 Å². The van der Waals surface area contributed by atoms with Gasteiger partial charge in [-0.1, -0.05) is 30.3 Å². The Morgan fingerprint density at radius 2 is 2.16 bits per heavy atom. The van der Waals surface area contributed by atoms with E-state index in [0.29, 0.717) is 31.3 Å². The Bertz CT molecular complexity index is 682. The molecule has 1 aromatic heterocycles. The van der Waals surface area contributed by atoms with E-state index in [4.69, 9.17) is 4.74 Å². The maximum absolute atomic E-state index is 12.9. The lowest BCUT2D eigenvalue weighted by molar-refractivity contribution is 0.180. The van der Waals surface area contributed by atoms with Gasteiger partial charge in [0, 0.05) is 25.9 Å². The number of carbonyl (C=O) groups excluding carboxylic acids is 1. The Morgan fingerprint density at radius 1 is 1.40 bits per heavy atom. The number of carbonyl (C=O) groups is 1. The predicted octanol–water partition coefficient (Wildman–Crippen LogP) is 3.36. The zero-order valence-electron chi connectivity index (χ0n) is 14.9. The van der Waals surface area contributed by atoms with Crippen molar-refractivity contribution < 1.29 is 9.53 Å². The molecule has 3 rings (SSSR count). The quantitative estimate of drug-likeness (QED) is 0.800. The van der Waals surface area contributed by atoms with Gasteiger partial charge >= 0.3 is 6.03 Å². The number of nitrogens with zero attached hydrogens (tertiary/aromatic N) is 3. The highest BCUT2D eigenvalue weighted by molar-refractivity contribution is 5.89. The van der Waals surface area contributed by atoms with Gasteiger partial charge in [0.1, 0.15) is 0 Å². The number of anilines is 1. The molecule has 0 bridgehead atoms. The summed E-state index contributed by atoms with van der Waals surface area (Å²) in [5, 5.41) is 7.23. The van der Waals surface area contributed by atoms with Gasteiger partial charge in [-0.3, -0.25) is 4.68 Å². The van der Waals surface area contributed by atoms with Crippen LogP contribution in [0, 0.1) is 5.92 Å². The molecule has 0 aliphatic heterocycles. The van der Waals surface area contributed by atoms with Crippen molar-refractivity contribution in [3.8, 4) is 0 Å². The smallest absolute Gasteiger partial charge is 0.322 e. The van der Waals surface area contributed by atoms with E-state index in [2.05, 4.69) is 29.5 Å². The van der Waals surface area contributed by atoms with Crippen LogP contribution in [0.1, 0.15) is 25.3 Å². The minimum Gasteiger partial charge on any atom is -0.383 e. The van der Waals surface area contributed by atoms with Gasteiger partial charge in [0.15, 0.2) is 0 Å². The number of rotatable bonds is 8. The first kappa shape index (κ1) is 17.5. The van der Waals surface area contributed by atoms with Gasteiger partial charge in [0.25, 0.3) is 0 Å². The molecule has 134 valence electrons. The third kappa shape index (κ3) is 4.82. The zero-order chi connectivity index (χ0) is 17.6. The minimum absolute atomic E-state index is 0.0745. The summed E-state index contributed by atoms with van der Waals surface area (Å²) in [7, 11) is 1.66. The molecule has 1 aliphatic rings. The molecule has 1 N–H and O–H groups in total. The van der Waals surface area contributed by atoms with E-state index in [1.807, 2.05) is 29.3 Å². The number of ether oxygens (including phenoxy) is 1. The summed E-state index contributed by atoms with van der Waals surface area (Å²) in [6, 6.07) is 10.3. The van der Waals surface area contributed by atoms with Crippen molar-refractivity contribution in [2.45, 2.75) is 38.9 Å². The summed E-state index contributed by atoms with van der Waals surface area (Å²) < 4.78 is 6.82. The molecular formula is C19H26N4O2. The first-order valence-corrected chi connectivity index (χ1v) is 8.80. The number of hydrogen-bond acceptors (Lipinski definition) is 3. The van der Waals surface area contributed by atoms with E-state index in [0.717, 1.165) is 5.56 Å². The zero-order valence-corrected chi connectivity index (χ0v) is 14.9.